The topological polar surface area (TPSA) is 73.1 Å². The monoisotopic (exact) mass is 328 g/mol. The SMILES string of the molecule is COCC(F)CNc1nc(N)c2cc(Br)ccc2n1. The van der Waals surface area contributed by atoms with E-state index in [1.54, 1.807) is 0 Å². The average molecular weight is 329 g/mol. The molecule has 7 heteroatoms. The molecule has 0 saturated carbocycles. The third kappa shape index (κ3) is 3.51. The predicted molar refractivity (Wildman–Crippen MR) is 76.9 cm³/mol. The number of nitrogens with zero attached hydrogens (tertiary/aromatic N) is 2. The molecule has 1 aromatic carbocycles. The molecule has 1 aromatic heterocycles. The Hall–Kier alpha value is -1.47. The summed E-state index contributed by atoms with van der Waals surface area (Å²) in [5.74, 6) is 0.669. The van der Waals surface area contributed by atoms with Gasteiger partial charge < -0.3 is 15.8 Å². The van der Waals surface area contributed by atoms with Gasteiger partial charge in [0.1, 0.15) is 12.0 Å². The van der Waals surface area contributed by atoms with Crippen LogP contribution in [0.25, 0.3) is 10.9 Å². The van der Waals surface area contributed by atoms with Crippen molar-refractivity contribution in [1.82, 2.24) is 9.97 Å². The van der Waals surface area contributed by atoms with Crippen molar-refractivity contribution in [2.45, 2.75) is 6.17 Å². The number of halogens is 2. The molecule has 0 amide bonds. The van der Waals surface area contributed by atoms with Crippen LogP contribution < -0.4 is 11.1 Å². The molecule has 0 saturated heterocycles. The van der Waals surface area contributed by atoms with Gasteiger partial charge in [-0.2, -0.15) is 4.98 Å². The highest BCUT2D eigenvalue weighted by Gasteiger charge is 2.09. The number of hydrogen-bond acceptors (Lipinski definition) is 5. The van der Waals surface area contributed by atoms with Crippen molar-refractivity contribution in [1.29, 1.82) is 0 Å². The number of alkyl halides is 1. The number of rotatable bonds is 5. The second-order valence-electron chi connectivity index (χ2n) is 4.03. The van der Waals surface area contributed by atoms with E-state index in [2.05, 4.69) is 31.2 Å². The van der Waals surface area contributed by atoms with Crippen LogP contribution in [0, 0.1) is 0 Å². The Morgan fingerprint density at radius 1 is 1.47 bits per heavy atom. The minimum absolute atomic E-state index is 0.0308. The lowest BCUT2D eigenvalue weighted by Gasteiger charge is -2.10. The lowest BCUT2D eigenvalue weighted by molar-refractivity contribution is 0.130. The van der Waals surface area contributed by atoms with Gasteiger partial charge in [0, 0.05) is 17.0 Å². The van der Waals surface area contributed by atoms with Crippen LogP contribution in [0.4, 0.5) is 16.2 Å². The van der Waals surface area contributed by atoms with E-state index in [-0.39, 0.29) is 13.2 Å². The van der Waals surface area contributed by atoms with Crippen LogP contribution in [0.1, 0.15) is 0 Å². The summed E-state index contributed by atoms with van der Waals surface area (Å²) in [4.78, 5) is 8.38. The number of nitrogen functional groups attached to an aromatic ring is 1. The summed E-state index contributed by atoms with van der Waals surface area (Å²) in [6, 6.07) is 5.53. The largest absolute Gasteiger partial charge is 0.383 e. The van der Waals surface area contributed by atoms with Gasteiger partial charge in [0.25, 0.3) is 0 Å². The number of ether oxygens (including phenoxy) is 1. The molecule has 0 fully saturated rings. The maximum atomic E-state index is 13.3. The van der Waals surface area contributed by atoms with Crippen LogP contribution in [0.3, 0.4) is 0 Å². The van der Waals surface area contributed by atoms with Gasteiger partial charge >= 0.3 is 0 Å². The van der Waals surface area contributed by atoms with E-state index in [1.165, 1.54) is 7.11 Å². The van der Waals surface area contributed by atoms with Gasteiger partial charge in [-0.05, 0) is 18.2 Å². The zero-order valence-electron chi connectivity index (χ0n) is 10.4. The van der Waals surface area contributed by atoms with E-state index in [0.717, 1.165) is 9.86 Å². The van der Waals surface area contributed by atoms with Gasteiger partial charge in [-0.15, -0.1) is 0 Å². The first-order valence-corrected chi connectivity index (χ1v) is 6.49. The van der Waals surface area contributed by atoms with Crippen LogP contribution in [0.5, 0.6) is 0 Å². The summed E-state index contributed by atoms with van der Waals surface area (Å²) >= 11 is 3.36. The highest BCUT2D eigenvalue weighted by Crippen LogP contribution is 2.23. The van der Waals surface area contributed by atoms with Gasteiger partial charge in [-0.1, -0.05) is 15.9 Å². The molecule has 1 heterocycles. The van der Waals surface area contributed by atoms with E-state index >= 15 is 0 Å². The van der Waals surface area contributed by atoms with Gasteiger partial charge in [-0.25, -0.2) is 9.37 Å². The number of hydrogen-bond donors (Lipinski definition) is 2. The fourth-order valence-corrected chi connectivity index (χ4v) is 2.01. The van der Waals surface area contributed by atoms with Gasteiger partial charge in [0.15, 0.2) is 0 Å². The summed E-state index contributed by atoms with van der Waals surface area (Å²) < 4.78 is 18.9. The summed E-state index contributed by atoms with van der Waals surface area (Å²) in [7, 11) is 1.45. The molecular formula is C12H14BrFN4O. The first kappa shape index (κ1) is 14.0. The standard InChI is InChI=1S/C12H14BrFN4O/c1-19-6-8(14)5-16-12-17-10-3-2-7(13)4-9(10)11(15)18-12/h2-4,8H,5-6H2,1H3,(H3,15,16,17,18). The summed E-state index contributed by atoms with van der Waals surface area (Å²) in [5, 5.41) is 3.57. The summed E-state index contributed by atoms with van der Waals surface area (Å²) in [6.07, 6.45) is -1.12. The van der Waals surface area contributed by atoms with Crippen molar-refractivity contribution in [2.24, 2.45) is 0 Å². The Labute approximate surface area is 118 Å². The maximum Gasteiger partial charge on any atom is 0.225 e. The lowest BCUT2D eigenvalue weighted by atomic mass is 10.2. The second-order valence-corrected chi connectivity index (χ2v) is 4.94. The minimum Gasteiger partial charge on any atom is -0.383 e. The number of benzene rings is 1. The van der Waals surface area contributed by atoms with Crippen molar-refractivity contribution in [3.8, 4) is 0 Å². The molecule has 1 unspecified atom stereocenters. The highest BCUT2D eigenvalue weighted by atomic mass is 79.9. The van der Waals surface area contributed by atoms with Crippen LogP contribution in [0.2, 0.25) is 0 Å². The second kappa shape index (κ2) is 6.12. The van der Waals surface area contributed by atoms with Crippen LogP contribution in [0.15, 0.2) is 22.7 Å². The van der Waals surface area contributed by atoms with E-state index in [4.69, 9.17) is 10.5 Å². The van der Waals surface area contributed by atoms with Crippen molar-refractivity contribution >= 4 is 38.6 Å². The molecule has 3 N–H and O–H groups in total. The van der Waals surface area contributed by atoms with E-state index in [0.29, 0.717) is 17.3 Å². The number of anilines is 2. The molecule has 1 atom stereocenters. The van der Waals surface area contributed by atoms with Crippen LogP contribution in [-0.4, -0.2) is 36.4 Å². The Balaban J connectivity index is 2.19. The Kier molecular flexibility index (Phi) is 4.49. The van der Waals surface area contributed by atoms with E-state index in [9.17, 15) is 4.39 Å². The molecule has 19 heavy (non-hydrogen) atoms. The molecule has 0 aliphatic carbocycles. The number of aromatic nitrogens is 2. The van der Waals surface area contributed by atoms with Crippen molar-refractivity contribution in [2.75, 3.05) is 31.3 Å². The number of nitrogens with one attached hydrogen (secondary N) is 1. The quantitative estimate of drug-likeness (QED) is 0.881. The summed E-state index contributed by atoms with van der Waals surface area (Å²) in [6.45, 7) is 0.109. The van der Waals surface area contributed by atoms with E-state index < -0.39 is 6.17 Å². The van der Waals surface area contributed by atoms with Crippen molar-refractivity contribution in [3.05, 3.63) is 22.7 Å². The van der Waals surface area contributed by atoms with Gasteiger partial charge in [0.2, 0.25) is 5.95 Å². The maximum absolute atomic E-state index is 13.3. The molecule has 102 valence electrons. The Morgan fingerprint density at radius 2 is 2.26 bits per heavy atom. The van der Waals surface area contributed by atoms with Gasteiger partial charge in [0.05, 0.1) is 18.7 Å². The molecule has 0 aliphatic rings. The highest BCUT2D eigenvalue weighted by molar-refractivity contribution is 9.10. The molecule has 0 bridgehead atoms. The average Bonchev–Trinajstić information content (AvgIpc) is 2.38. The number of methoxy groups -OCH3 is 1. The summed E-state index contributed by atoms with van der Waals surface area (Å²) in [5.41, 5.74) is 6.57. The molecule has 0 aliphatic heterocycles. The third-order valence-corrected chi connectivity index (χ3v) is 3.01. The molecule has 0 spiro atoms. The van der Waals surface area contributed by atoms with Crippen LogP contribution in [-0.2, 0) is 4.74 Å². The first-order valence-electron chi connectivity index (χ1n) is 5.70. The molecule has 5 nitrogen and oxygen atoms in total. The van der Waals surface area contributed by atoms with Crippen molar-refractivity contribution < 1.29 is 9.13 Å². The Bertz CT molecular complexity index is 581. The zero-order valence-corrected chi connectivity index (χ0v) is 11.9. The zero-order chi connectivity index (χ0) is 13.8. The van der Waals surface area contributed by atoms with Gasteiger partial charge in [-0.3, -0.25) is 0 Å². The lowest BCUT2D eigenvalue weighted by Crippen LogP contribution is -2.21. The molecule has 2 aromatic rings. The number of fused-ring (bicyclic) bond motifs is 1. The normalized spacial score (nSPS) is 12.6. The number of nitrogens with two attached hydrogens (primary N) is 1. The third-order valence-electron chi connectivity index (χ3n) is 2.52. The molecule has 0 radical (unpaired) electrons. The van der Waals surface area contributed by atoms with E-state index in [1.807, 2.05) is 18.2 Å². The molecular weight excluding hydrogens is 315 g/mol. The molecule has 2 rings (SSSR count). The minimum atomic E-state index is -1.12. The van der Waals surface area contributed by atoms with Crippen LogP contribution >= 0.6 is 15.9 Å². The smallest absolute Gasteiger partial charge is 0.225 e. The Morgan fingerprint density at radius 3 is 3.00 bits per heavy atom. The predicted octanol–water partition coefficient (Wildman–Crippen LogP) is 2.37. The van der Waals surface area contributed by atoms with Crippen molar-refractivity contribution in [3.63, 3.8) is 0 Å². The fraction of sp³-hybridized carbons (Fsp3) is 0.333. The fourth-order valence-electron chi connectivity index (χ4n) is 1.65. The first-order chi connectivity index (χ1) is 9.10.